The summed E-state index contributed by atoms with van der Waals surface area (Å²) in [6.45, 7) is 4.27. The van der Waals surface area contributed by atoms with Crippen molar-refractivity contribution < 1.29 is 4.79 Å². The number of rotatable bonds is 3. The number of carbonyl (C=O) groups excluding carboxylic acids is 1. The zero-order valence-electron chi connectivity index (χ0n) is 17.4. The van der Waals surface area contributed by atoms with Gasteiger partial charge in [-0.2, -0.15) is 0 Å². The minimum Gasteiger partial charge on any atom is -0.338 e. The molecule has 4 heteroatoms. The standard InChI is InChI=1S/C26H27N3O/c1-26(16-27)13-14-29(17-26)25(30)23-20-9-5-6-10-22(20)28-24-19(11-12-21(23)24)15-18-7-3-2-4-8-18/h2-10,15H,11-14,16-17,27H2,1H3/b19-15-. The van der Waals surface area contributed by atoms with Crippen LogP contribution in [0.25, 0.3) is 22.6 Å². The molecule has 1 amide bonds. The summed E-state index contributed by atoms with van der Waals surface area (Å²) in [6.07, 6.45) is 4.94. The molecule has 1 aliphatic heterocycles. The number of amides is 1. The van der Waals surface area contributed by atoms with Gasteiger partial charge < -0.3 is 10.6 Å². The number of pyridine rings is 1. The number of allylic oxidation sites excluding steroid dienone is 1. The van der Waals surface area contributed by atoms with Crippen molar-refractivity contribution in [2.45, 2.75) is 26.2 Å². The molecule has 0 bridgehead atoms. The van der Waals surface area contributed by atoms with Crippen molar-refractivity contribution >= 4 is 28.5 Å². The number of nitrogens with two attached hydrogens (primary N) is 1. The molecule has 1 atom stereocenters. The lowest BCUT2D eigenvalue weighted by atomic mass is 9.90. The molecule has 1 fully saturated rings. The van der Waals surface area contributed by atoms with Crippen LogP contribution in [0.3, 0.4) is 0 Å². The lowest BCUT2D eigenvalue weighted by Crippen LogP contribution is -2.35. The summed E-state index contributed by atoms with van der Waals surface area (Å²) in [5.41, 5.74) is 12.2. The van der Waals surface area contributed by atoms with Gasteiger partial charge in [0.05, 0.1) is 16.8 Å². The van der Waals surface area contributed by atoms with E-state index < -0.39 is 0 Å². The van der Waals surface area contributed by atoms with Crippen LogP contribution < -0.4 is 5.73 Å². The maximum Gasteiger partial charge on any atom is 0.254 e. The molecule has 1 aromatic heterocycles. The van der Waals surface area contributed by atoms with Crippen molar-refractivity contribution in [3.05, 3.63) is 77.0 Å². The maximum atomic E-state index is 13.7. The van der Waals surface area contributed by atoms with Crippen molar-refractivity contribution in [2.75, 3.05) is 19.6 Å². The molecule has 2 heterocycles. The molecule has 0 radical (unpaired) electrons. The van der Waals surface area contributed by atoms with Gasteiger partial charge in [-0.3, -0.25) is 4.79 Å². The van der Waals surface area contributed by atoms with Crippen LogP contribution in [0.1, 0.15) is 46.9 Å². The number of benzene rings is 2. The second-order valence-corrected chi connectivity index (χ2v) is 8.90. The van der Waals surface area contributed by atoms with Gasteiger partial charge in [-0.1, -0.05) is 55.5 Å². The first-order valence-electron chi connectivity index (χ1n) is 10.7. The van der Waals surface area contributed by atoms with Crippen molar-refractivity contribution in [1.82, 2.24) is 9.88 Å². The zero-order chi connectivity index (χ0) is 20.7. The smallest absolute Gasteiger partial charge is 0.254 e. The van der Waals surface area contributed by atoms with Crippen molar-refractivity contribution in [3.8, 4) is 0 Å². The fraction of sp³-hybridized carbons (Fsp3) is 0.308. The summed E-state index contributed by atoms with van der Waals surface area (Å²) < 4.78 is 0. The van der Waals surface area contributed by atoms with Crippen LogP contribution in [0, 0.1) is 5.41 Å². The average Bonchev–Trinajstić information content (AvgIpc) is 3.37. The predicted octanol–water partition coefficient (Wildman–Crippen LogP) is 4.53. The van der Waals surface area contributed by atoms with E-state index in [4.69, 9.17) is 10.7 Å². The number of hydrogen-bond acceptors (Lipinski definition) is 3. The molecule has 30 heavy (non-hydrogen) atoms. The number of carbonyl (C=O) groups is 1. The lowest BCUT2D eigenvalue weighted by molar-refractivity contribution is 0.0778. The Balaban J connectivity index is 1.63. The molecule has 2 aromatic carbocycles. The fourth-order valence-electron chi connectivity index (χ4n) is 4.80. The Kier molecular flexibility index (Phi) is 4.67. The van der Waals surface area contributed by atoms with E-state index in [0.29, 0.717) is 6.54 Å². The van der Waals surface area contributed by atoms with E-state index in [9.17, 15) is 4.79 Å². The highest BCUT2D eigenvalue weighted by Gasteiger charge is 2.37. The molecule has 5 rings (SSSR count). The van der Waals surface area contributed by atoms with Gasteiger partial charge in [0.25, 0.3) is 5.91 Å². The van der Waals surface area contributed by atoms with E-state index in [0.717, 1.165) is 60.1 Å². The maximum absolute atomic E-state index is 13.7. The molecule has 2 N–H and O–H groups in total. The number of fused-ring (bicyclic) bond motifs is 2. The number of nitrogens with zero attached hydrogens (tertiary/aromatic N) is 2. The average molecular weight is 398 g/mol. The summed E-state index contributed by atoms with van der Waals surface area (Å²) >= 11 is 0. The van der Waals surface area contributed by atoms with Gasteiger partial charge >= 0.3 is 0 Å². The van der Waals surface area contributed by atoms with Gasteiger partial charge in [0.15, 0.2) is 0 Å². The van der Waals surface area contributed by atoms with E-state index in [2.05, 4.69) is 25.1 Å². The van der Waals surface area contributed by atoms with Crippen LogP contribution in [0.2, 0.25) is 0 Å². The number of hydrogen-bond donors (Lipinski definition) is 1. The molecule has 152 valence electrons. The van der Waals surface area contributed by atoms with Gasteiger partial charge in [0.1, 0.15) is 0 Å². The predicted molar refractivity (Wildman–Crippen MR) is 122 cm³/mol. The summed E-state index contributed by atoms with van der Waals surface area (Å²) in [7, 11) is 0. The largest absolute Gasteiger partial charge is 0.338 e. The molecule has 3 aromatic rings. The zero-order valence-corrected chi connectivity index (χ0v) is 17.4. The number of likely N-dealkylation sites (tertiary alicyclic amines) is 1. The molecule has 1 unspecified atom stereocenters. The Hall–Kier alpha value is -2.98. The Labute approximate surface area is 177 Å². The van der Waals surface area contributed by atoms with E-state index in [1.54, 1.807) is 0 Å². The van der Waals surface area contributed by atoms with Gasteiger partial charge in [0.2, 0.25) is 0 Å². The molecule has 2 aliphatic rings. The minimum atomic E-state index is 0.0139. The topological polar surface area (TPSA) is 59.2 Å². The second-order valence-electron chi connectivity index (χ2n) is 8.90. The Bertz CT molecular complexity index is 1150. The first kappa shape index (κ1) is 19.0. The first-order chi connectivity index (χ1) is 14.6. The van der Waals surface area contributed by atoms with Gasteiger partial charge in [-0.25, -0.2) is 4.98 Å². The Morgan fingerprint density at radius 1 is 1.13 bits per heavy atom. The second kappa shape index (κ2) is 7.37. The van der Waals surface area contributed by atoms with E-state index in [1.807, 2.05) is 47.4 Å². The van der Waals surface area contributed by atoms with E-state index in [-0.39, 0.29) is 11.3 Å². The SMILES string of the molecule is CC1(CN)CCN(C(=O)c2c3c(nc4ccccc24)/C(=C\c2ccccc2)CC3)C1. The fourth-order valence-corrected chi connectivity index (χ4v) is 4.80. The van der Waals surface area contributed by atoms with Crippen LogP contribution in [0.4, 0.5) is 0 Å². The molecule has 0 saturated carbocycles. The van der Waals surface area contributed by atoms with Crippen molar-refractivity contribution in [3.63, 3.8) is 0 Å². The molecule has 4 nitrogen and oxygen atoms in total. The minimum absolute atomic E-state index is 0.0139. The molecular weight excluding hydrogens is 370 g/mol. The third-order valence-corrected chi connectivity index (χ3v) is 6.63. The summed E-state index contributed by atoms with van der Waals surface area (Å²) in [5.74, 6) is 0.128. The third-order valence-electron chi connectivity index (χ3n) is 6.63. The van der Waals surface area contributed by atoms with Crippen molar-refractivity contribution in [1.29, 1.82) is 0 Å². The van der Waals surface area contributed by atoms with Crippen LogP contribution in [0.15, 0.2) is 54.6 Å². The molecule has 1 saturated heterocycles. The van der Waals surface area contributed by atoms with Gasteiger partial charge in [-0.15, -0.1) is 0 Å². The van der Waals surface area contributed by atoms with Gasteiger partial charge in [0, 0.05) is 18.5 Å². The summed E-state index contributed by atoms with van der Waals surface area (Å²) in [5, 5.41) is 0.962. The normalized spacial score (nSPS) is 22.1. The number of para-hydroxylation sites is 1. The lowest BCUT2D eigenvalue weighted by Gasteiger charge is -2.24. The van der Waals surface area contributed by atoms with Gasteiger partial charge in [-0.05, 0) is 60.1 Å². The highest BCUT2D eigenvalue weighted by molar-refractivity contribution is 6.09. The van der Waals surface area contributed by atoms with Crippen LogP contribution >= 0.6 is 0 Å². The van der Waals surface area contributed by atoms with Crippen LogP contribution in [0.5, 0.6) is 0 Å². The highest BCUT2D eigenvalue weighted by atomic mass is 16.2. The Morgan fingerprint density at radius 2 is 1.90 bits per heavy atom. The summed E-state index contributed by atoms with van der Waals surface area (Å²) in [6, 6.07) is 18.4. The summed E-state index contributed by atoms with van der Waals surface area (Å²) in [4.78, 5) is 20.7. The van der Waals surface area contributed by atoms with E-state index >= 15 is 0 Å². The van der Waals surface area contributed by atoms with Crippen molar-refractivity contribution in [2.24, 2.45) is 11.1 Å². The van der Waals surface area contributed by atoms with Crippen LogP contribution in [-0.2, 0) is 6.42 Å². The molecular formula is C26H27N3O. The van der Waals surface area contributed by atoms with Crippen LogP contribution in [-0.4, -0.2) is 35.4 Å². The Morgan fingerprint density at radius 3 is 2.67 bits per heavy atom. The third kappa shape index (κ3) is 3.21. The monoisotopic (exact) mass is 397 g/mol. The highest BCUT2D eigenvalue weighted by Crippen LogP contribution is 2.39. The van der Waals surface area contributed by atoms with E-state index in [1.165, 1.54) is 11.1 Å². The molecule has 1 aliphatic carbocycles. The molecule has 0 spiro atoms. The number of aromatic nitrogens is 1. The quantitative estimate of drug-likeness (QED) is 0.706. The first-order valence-corrected chi connectivity index (χ1v) is 10.7.